The van der Waals surface area contributed by atoms with E-state index in [2.05, 4.69) is 24.2 Å². The van der Waals surface area contributed by atoms with Gasteiger partial charge in [-0.1, -0.05) is 12.1 Å². The Morgan fingerprint density at radius 2 is 2.16 bits per heavy atom. The van der Waals surface area contributed by atoms with Crippen molar-refractivity contribution in [2.24, 2.45) is 0 Å². The van der Waals surface area contributed by atoms with Gasteiger partial charge in [0.2, 0.25) is 0 Å². The lowest BCUT2D eigenvalue weighted by Crippen LogP contribution is -2.46. The summed E-state index contributed by atoms with van der Waals surface area (Å²) in [4.78, 5) is 2.31. The summed E-state index contributed by atoms with van der Waals surface area (Å²) in [7, 11) is 2.13. The Labute approximate surface area is 115 Å². The summed E-state index contributed by atoms with van der Waals surface area (Å²) in [5, 5.41) is 12.8. The van der Waals surface area contributed by atoms with E-state index in [0.29, 0.717) is 17.9 Å². The maximum absolute atomic E-state index is 9.25. The second-order valence-electron chi connectivity index (χ2n) is 5.43. The second kappa shape index (κ2) is 6.89. The van der Waals surface area contributed by atoms with Gasteiger partial charge in [0, 0.05) is 25.7 Å². The molecule has 0 spiro atoms. The van der Waals surface area contributed by atoms with Crippen molar-refractivity contribution in [1.29, 1.82) is 0 Å². The predicted molar refractivity (Wildman–Crippen MR) is 76.5 cm³/mol. The van der Waals surface area contributed by atoms with Crippen LogP contribution in [0.2, 0.25) is 0 Å². The summed E-state index contributed by atoms with van der Waals surface area (Å²) in [5.41, 5.74) is 1.24. The van der Waals surface area contributed by atoms with Gasteiger partial charge in [-0.05, 0) is 38.1 Å². The zero-order chi connectivity index (χ0) is 13.7. The van der Waals surface area contributed by atoms with E-state index >= 15 is 0 Å². The highest BCUT2D eigenvalue weighted by Crippen LogP contribution is 2.11. The van der Waals surface area contributed by atoms with Crippen LogP contribution in [0.1, 0.15) is 12.5 Å². The molecule has 2 rings (SSSR count). The molecular weight excluding hydrogens is 240 g/mol. The van der Waals surface area contributed by atoms with Crippen molar-refractivity contribution in [2.45, 2.75) is 25.5 Å². The molecule has 1 heterocycles. The second-order valence-corrected chi connectivity index (χ2v) is 5.43. The van der Waals surface area contributed by atoms with E-state index in [1.807, 2.05) is 12.1 Å². The number of morpholine rings is 1. The van der Waals surface area contributed by atoms with E-state index < -0.39 is 0 Å². The molecule has 0 saturated carbocycles. The zero-order valence-electron chi connectivity index (χ0n) is 11.8. The molecule has 0 aliphatic carbocycles. The van der Waals surface area contributed by atoms with Gasteiger partial charge in [-0.2, -0.15) is 0 Å². The minimum Gasteiger partial charge on any atom is -0.508 e. The molecule has 0 radical (unpaired) electrons. The molecule has 4 heteroatoms. The van der Waals surface area contributed by atoms with Crippen molar-refractivity contribution < 1.29 is 9.84 Å². The van der Waals surface area contributed by atoms with Crippen LogP contribution in [-0.4, -0.2) is 55.4 Å². The fraction of sp³-hybridized carbons (Fsp3) is 0.600. The average Bonchev–Trinajstić information content (AvgIpc) is 2.39. The van der Waals surface area contributed by atoms with Gasteiger partial charge in [0.1, 0.15) is 5.75 Å². The lowest BCUT2D eigenvalue weighted by Gasteiger charge is -2.31. The fourth-order valence-electron chi connectivity index (χ4n) is 2.38. The maximum Gasteiger partial charge on any atom is 0.115 e. The Bertz CT molecular complexity index is 380. The van der Waals surface area contributed by atoms with Gasteiger partial charge < -0.3 is 20.1 Å². The van der Waals surface area contributed by atoms with Gasteiger partial charge in [-0.25, -0.2) is 0 Å². The molecule has 1 saturated heterocycles. The first-order chi connectivity index (χ1) is 9.13. The SMILES string of the molecule is CC(Cc1ccc(O)cc1)NCC1CN(C)CCO1. The van der Waals surface area contributed by atoms with E-state index in [-0.39, 0.29) is 0 Å². The Kier molecular flexibility index (Phi) is 5.19. The van der Waals surface area contributed by atoms with E-state index in [0.717, 1.165) is 32.7 Å². The number of hydrogen-bond donors (Lipinski definition) is 2. The standard InChI is InChI=1S/C15H24N2O2/c1-12(9-13-3-5-14(18)6-4-13)16-10-15-11-17(2)7-8-19-15/h3-6,12,15-16,18H,7-11H2,1-2H3. The first-order valence-corrected chi connectivity index (χ1v) is 6.95. The van der Waals surface area contributed by atoms with Crippen LogP contribution in [0.4, 0.5) is 0 Å². The Balaban J connectivity index is 1.72. The van der Waals surface area contributed by atoms with Crippen LogP contribution >= 0.6 is 0 Å². The molecule has 2 atom stereocenters. The van der Waals surface area contributed by atoms with Crippen molar-refractivity contribution in [3.05, 3.63) is 29.8 Å². The highest BCUT2D eigenvalue weighted by Gasteiger charge is 2.17. The molecule has 2 N–H and O–H groups in total. The highest BCUT2D eigenvalue weighted by molar-refractivity contribution is 5.26. The minimum atomic E-state index is 0.293. The van der Waals surface area contributed by atoms with Gasteiger partial charge in [0.25, 0.3) is 0 Å². The number of rotatable bonds is 5. The Hall–Kier alpha value is -1.10. The van der Waals surface area contributed by atoms with Crippen molar-refractivity contribution in [1.82, 2.24) is 10.2 Å². The average molecular weight is 264 g/mol. The summed E-state index contributed by atoms with van der Waals surface area (Å²) in [5.74, 6) is 0.322. The third-order valence-electron chi connectivity index (χ3n) is 3.51. The summed E-state index contributed by atoms with van der Waals surface area (Å²) < 4.78 is 5.73. The number of nitrogens with zero attached hydrogens (tertiary/aromatic N) is 1. The third kappa shape index (κ3) is 4.82. The summed E-state index contributed by atoms with van der Waals surface area (Å²) in [6, 6.07) is 7.82. The smallest absolute Gasteiger partial charge is 0.115 e. The van der Waals surface area contributed by atoms with Crippen LogP contribution in [0.15, 0.2) is 24.3 Å². The van der Waals surface area contributed by atoms with Crippen LogP contribution < -0.4 is 5.32 Å². The van der Waals surface area contributed by atoms with Gasteiger partial charge in [-0.3, -0.25) is 0 Å². The largest absolute Gasteiger partial charge is 0.508 e. The molecule has 1 aliphatic rings. The number of phenolic OH excluding ortho intramolecular Hbond substituents is 1. The number of nitrogens with one attached hydrogen (secondary N) is 1. The zero-order valence-corrected chi connectivity index (χ0v) is 11.8. The Morgan fingerprint density at radius 1 is 1.42 bits per heavy atom. The van der Waals surface area contributed by atoms with E-state index in [4.69, 9.17) is 4.74 Å². The number of likely N-dealkylation sites (N-methyl/N-ethyl adjacent to an activating group) is 1. The number of phenols is 1. The van der Waals surface area contributed by atoms with Crippen LogP contribution in [0.5, 0.6) is 5.75 Å². The highest BCUT2D eigenvalue weighted by atomic mass is 16.5. The van der Waals surface area contributed by atoms with Gasteiger partial charge in [0.05, 0.1) is 12.7 Å². The quantitative estimate of drug-likeness (QED) is 0.840. The van der Waals surface area contributed by atoms with Crippen molar-refractivity contribution >= 4 is 0 Å². The first-order valence-electron chi connectivity index (χ1n) is 6.95. The van der Waals surface area contributed by atoms with Gasteiger partial charge in [-0.15, -0.1) is 0 Å². The first kappa shape index (κ1) is 14.3. The molecular formula is C15H24N2O2. The van der Waals surface area contributed by atoms with Crippen molar-refractivity contribution in [3.63, 3.8) is 0 Å². The monoisotopic (exact) mass is 264 g/mol. The fourth-order valence-corrected chi connectivity index (χ4v) is 2.38. The predicted octanol–water partition coefficient (Wildman–Crippen LogP) is 1.24. The van der Waals surface area contributed by atoms with Crippen LogP contribution in [0, 0.1) is 0 Å². The number of hydrogen-bond acceptors (Lipinski definition) is 4. The van der Waals surface area contributed by atoms with Gasteiger partial charge in [0.15, 0.2) is 0 Å². The number of benzene rings is 1. The molecule has 0 bridgehead atoms. The summed E-state index contributed by atoms with van der Waals surface area (Å²) in [6.45, 7) is 5.93. The molecule has 19 heavy (non-hydrogen) atoms. The summed E-state index contributed by atoms with van der Waals surface area (Å²) >= 11 is 0. The number of aromatic hydroxyl groups is 1. The van der Waals surface area contributed by atoms with E-state index in [1.54, 1.807) is 12.1 Å². The normalized spacial score (nSPS) is 22.3. The van der Waals surface area contributed by atoms with E-state index in [9.17, 15) is 5.11 Å². The molecule has 4 nitrogen and oxygen atoms in total. The molecule has 0 aromatic heterocycles. The lowest BCUT2D eigenvalue weighted by molar-refractivity contribution is -0.0190. The molecule has 2 unspecified atom stereocenters. The van der Waals surface area contributed by atoms with Gasteiger partial charge >= 0.3 is 0 Å². The third-order valence-corrected chi connectivity index (χ3v) is 3.51. The molecule has 1 aromatic carbocycles. The molecule has 106 valence electrons. The maximum atomic E-state index is 9.25. The lowest BCUT2D eigenvalue weighted by atomic mass is 10.1. The van der Waals surface area contributed by atoms with Crippen LogP contribution in [-0.2, 0) is 11.2 Å². The summed E-state index contributed by atoms with van der Waals surface area (Å²) in [6.07, 6.45) is 1.25. The number of ether oxygens (including phenoxy) is 1. The molecule has 1 aromatic rings. The van der Waals surface area contributed by atoms with Crippen molar-refractivity contribution in [3.8, 4) is 5.75 Å². The van der Waals surface area contributed by atoms with Crippen LogP contribution in [0.3, 0.4) is 0 Å². The Morgan fingerprint density at radius 3 is 2.84 bits per heavy atom. The van der Waals surface area contributed by atoms with Crippen molar-refractivity contribution in [2.75, 3.05) is 33.3 Å². The molecule has 1 fully saturated rings. The topological polar surface area (TPSA) is 44.7 Å². The molecule has 1 aliphatic heterocycles. The van der Waals surface area contributed by atoms with E-state index in [1.165, 1.54) is 5.56 Å². The van der Waals surface area contributed by atoms with Crippen LogP contribution in [0.25, 0.3) is 0 Å². The minimum absolute atomic E-state index is 0.293. The molecule has 0 amide bonds.